The second-order valence-corrected chi connectivity index (χ2v) is 3.66. The predicted octanol–water partition coefficient (Wildman–Crippen LogP) is 0.380. The molecule has 6 nitrogen and oxygen atoms in total. The Bertz CT molecular complexity index is 395. The highest BCUT2D eigenvalue weighted by Crippen LogP contribution is 2.19. The summed E-state index contributed by atoms with van der Waals surface area (Å²) in [5.74, 6) is -1.21. The topological polar surface area (TPSA) is 84.2 Å². The summed E-state index contributed by atoms with van der Waals surface area (Å²) in [4.78, 5) is 21.7. The Kier molecular flexibility index (Phi) is 3.65. The number of rotatable bonds is 4. The number of nitrogens with one attached hydrogen (secondary N) is 1. The molecule has 0 saturated carbocycles. The van der Waals surface area contributed by atoms with Crippen molar-refractivity contribution in [1.29, 1.82) is 0 Å². The number of carbonyl (C=O) groups excluding carboxylic acids is 1. The van der Waals surface area contributed by atoms with Crippen LogP contribution in [0.5, 0.6) is 0 Å². The van der Waals surface area contributed by atoms with Crippen LogP contribution in [0.2, 0.25) is 0 Å². The normalized spacial score (nSPS) is 12.2. The molecular weight excluding hydrogens is 210 g/mol. The van der Waals surface area contributed by atoms with Gasteiger partial charge in [0.2, 0.25) is 5.91 Å². The Morgan fingerprint density at radius 1 is 1.62 bits per heavy atom. The first-order chi connectivity index (χ1) is 7.41. The van der Waals surface area contributed by atoms with Crippen molar-refractivity contribution in [3.8, 4) is 0 Å². The van der Waals surface area contributed by atoms with Gasteiger partial charge in [0, 0.05) is 25.2 Å². The number of hydrogen-bond donors (Lipinski definition) is 2. The highest BCUT2D eigenvalue weighted by Gasteiger charge is 2.20. The smallest absolute Gasteiger partial charge is 0.305 e. The van der Waals surface area contributed by atoms with Gasteiger partial charge in [-0.2, -0.15) is 5.10 Å². The molecular formula is C10H15N3O3. The summed E-state index contributed by atoms with van der Waals surface area (Å²) in [6.07, 6.45) is 1.44. The average Bonchev–Trinajstić information content (AvgIpc) is 2.45. The molecule has 1 rings (SSSR count). The van der Waals surface area contributed by atoms with Crippen LogP contribution in [0.25, 0.3) is 0 Å². The number of amides is 1. The van der Waals surface area contributed by atoms with Crippen LogP contribution in [0.15, 0.2) is 6.20 Å². The molecule has 1 heterocycles. The lowest BCUT2D eigenvalue weighted by atomic mass is 10.0. The Labute approximate surface area is 93.3 Å². The first-order valence-electron chi connectivity index (χ1n) is 4.89. The Hall–Kier alpha value is -1.85. The minimum atomic E-state index is -0.956. The van der Waals surface area contributed by atoms with Gasteiger partial charge in [0.25, 0.3) is 0 Å². The van der Waals surface area contributed by atoms with Gasteiger partial charge in [-0.3, -0.25) is 14.3 Å². The van der Waals surface area contributed by atoms with Crippen LogP contribution in [-0.4, -0.2) is 26.8 Å². The fraction of sp³-hybridized carbons (Fsp3) is 0.500. The summed E-state index contributed by atoms with van der Waals surface area (Å²) in [6, 6.07) is -0.524. The van der Waals surface area contributed by atoms with E-state index in [1.807, 2.05) is 6.92 Å². The summed E-state index contributed by atoms with van der Waals surface area (Å²) in [5, 5.41) is 15.4. The molecule has 0 bridgehead atoms. The van der Waals surface area contributed by atoms with Crippen LogP contribution in [0, 0.1) is 6.92 Å². The largest absolute Gasteiger partial charge is 0.481 e. The molecule has 0 aliphatic carbocycles. The average molecular weight is 225 g/mol. The van der Waals surface area contributed by atoms with Crippen molar-refractivity contribution in [2.75, 3.05) is 0 Å². The maximum Gasteiger partial charge on any atom is 0.305 e. The van der Waals surface area contributed by atoms with E-state index >= 15 is 0 Å². The maximum absolute atomic E-state index is 11.0. The molecule has 0 aliphatic rings. The van der Waals surface area contributed by atoms with Crippen LogP contribution in [0.4, 0.5) is 0 Å². The van der Waals surface area contributed by atoms with Crippen LogP contribution in [0.3, 0.4) is 0 Å². The molecule has 0 fully saturated rings. The van der Waals surface area contributed by atoms with Crippen molar-refractivity contribution >= 4 is 11.9 Å². The second-order valence-electron chi connectivity index (χ2n) is 3.66. The van der Waals surface area contributed by atoms with Crippen LogP contribution < -0.4 is 5.32 Å². The highest BCUT2D eigenvalue weighted by molar-refractivity contribution is 5.75. The zero-order chi connectivity index (χ0) is 12.3. The fourth-order valence-electron chi connectivity index (χ4n) is 1.52. The van der Waals surface area contributed by atoms with Crippen molar-refractivity contribution in [3.05, 3.63) is 17.5 Å². The van der Waals surface area contributed by atoms with E-state index in [-0.39, 0.29) is 12.3 Å². The van der Waals surface area contributed by atoms with Gasteiger partial charge in [-0.05, 0) is 6.92 Å². The molecule has 0 aromatic carbocycles. The summed E-state index contributed by atoms with van der Waals surface area (Å²) >= 11 is 0. The SMILES string of the molecule is CC(=O)N[C@@H](CC(=O)O)c1cnn(C)c1C. The third-order valence-electron chi connectivity index (χ3n) is 2.40. The molecule has 2 N–H and O–H groups in total. The number of carbonyl (C=O) groups is 2. The van der Waals surface area contributed by atoms with Gasteiger partial charge in [-0.1, -0.05) is 0 Å². The van der Waals surface area contributed by atoms with E-state index < -0.39 is 12.0 Å². The number of carboxylic acids is 1. The lowest BCUT2D eigenvalue weighted by Crippen LogP contribution is -2.28. The van der Waals surface area contributed by atoms with Crippen LogP contribution in [0.1, 0.15) is 30.6 Å². The zero-order valence-corrected chi connectivity index (χ0v) is 9.52. The molecule has 1 aromatic heterocycles. The van der Waals surface area contributed by atoms with E-state index in [4.69, 9.17) is 5.11 Å². The molecule has 1 amide bonds. The first kappa shape index (κ1) is 12.2. The summed E-state index contributed by atoms with van der Waals surface area (Å²) < 4.78 is 1.64. The molecule has 1 aromatic rings. The number of aliphatic carboxylic acids is 1. The Morgan fingerprint density at radius 2 is 2.25 bits per heavy atom. The Morgan fingerprint density at radius 3 is 2.62 bits per heavy atom. The lowest BCUT2D eigenvalue weighted by molar-refractivity contribution is -0.137. The minimum absolute atomic E-state index is 0.147. The minimum Gasteiger partial charge on any atom is -0.481 e. The molecule has 6 heteroatoms. The number of hydrogen-bond acceptors (Lipinski definition) is 3. The van der Waals surface area contributed by atoms with Gasteiger partial charge < -0.3 is 10.4 Å². The lowest BCUT2D eigenvalue weighted by Gasteiger charge is -2.15. The van der Waals surface area contributed by atoms with E-state index in [9.17, 15) is 9.59 Å². The van der Waals surface area contributed by atoms with Gasteiger partial charge in [0.15, 0.2) is 0 Å². The van der Waals surface area contributed by atoms with Crippen molar-refractivity contribution in [3.63, 3.8) is 0 Å². The zero-order valence-electron chi connectivity index (χ0n) is 9.52. The molecule has 0 unspecified atom stereocenters. The number of nitrogens with zero attached hydrogens (tertiary/aromatic N) is 2. The van der Waals surface area contributed by atoms with Gasteiger partial charge in [-0.15, -0.1) is 0 Å². The van der Waals surface area contributed by atoms with Crippen LogP contribution in [-0.2, 0) is 16.6 Å². The molecule has 1 atom stereocenters. The quantitative estimate of drug-likeness (QED) is 0.775. The summed E-state index contributed by atoms with van der Waals surface area (Å²) in [6.45, 7) is 3.19. The first-order valence-corrected chi connectivity index (χ1v) is 4.89. The molecule has 16 heavy (non-hydrogen) atoms. The summed E-state index contributed by atoms with van der Waals surface area (Å²) in [7, 11) is 1.77. The standard InChI is InChI=1S/C10H15N3O3/c1-6-8(5-11-13(6)3)9(4-10(15)16)12-7(2)14/h5,9H,4H2,1-3H3,(H,12,14)(H,15,16)/t9-/m0/s1. The summed E-state index contributed by atoms with van der Waals surface area (Å²) in [5.41, 5.74) is 1.58. The van der Waals surface area contributed by atoms with E-state index in [0.717, 1.165) is 11.3 Å². The molecule has 0 aliphatic heterocycles. The molecule has 0 saturated heterocycles. The second kappa shape index (κ2) is 4.78. The highest BCUT2D eigenvalue weighted by atomic mass is 16.4. The molecule has 0 spiro atoms. The third kappa shape index (κ3) is 2.82. The van der Waals surface area contributed by atoms with Gasteiger partial charge in [0.05, 0.1) is 18.7 Å². The van der Waals surface area contributed by atoms with Crippen molar-refractivity contribution in [2.24, 2.45) is 7.05 Å². The molecule has 0 radical (unpaired) electrons. The van der Waals surface area contributed by atoms with E-state index in [0.29, 0.717) is 0 Å². The van der Waals surface area contributed by atoms with E-state index in [2.05, 4.69) is 10.4 Å². The number of carboxylic acid groups (broad SMARTS) is 1. The molecule has 88 valence electrons. The Balaban J connectivity index is 2.95. The van der Waals surface area contributed by atoms with Crippen LogP contribution >= 0.6 is 0 Å². The van der Waals surface area contributed by atoms with Gasteiger partial charge >= 0.3 is 5.97 Å². The maximum atomic E-state index is 11.0. The predicted molar refractivity (Wildman–Crippen MR) is 56.8 cm³/mol. The monoisotopic (exact) mass is 225 g/mol. The van der Waals surface area contributed by atoms with Crippen molar-refractivity contribution in [1.82, 2.24) is 15.1 Å². The van der Waals surface area contributed by atoms with Crippen molar-refractivity contribution < 1.29 is 14.7 Å². The fourth-order valence-corrected chi connectivity index (χ4v) is 1.52. The number of aromatic nitrogens is 2. The van der Waals surface area contributed by atoms with Crippen molar-refractivity contribution in [2.45, 2.75) is 26.3 Å². The van der Waals surface area contributed by atoms with E-state index in [1.165, 1.54) is 6.92 Å². The van der Waals surface area contributed by atoms with Gasteiger partial charge in [0.1, 0.15) is 0 Å². The number of aryl methyl sites for hydroxylation is 1. The third-order valence-corrected chi connectivity index (χ3v) is 2.40. The van der Waals surface area contributed by atoms with E-state index in [1.54, 1.807) is 17.9 Å². The van der Waals surface area contributed by atoms with Gasteiger partial charge in [-0.25, -0.2) is 0 Å².